The minimum Gasteiger partial charge on any atom is -0.354 e. The Kier molecular flexibility index (Phi) is 9.70. The Morgan fingerprint density at radius 2 is 1.60 bits per heavy atom. The van der Waals surface area contributed by atoms with E-state index in [2.05, 4.69) is 5.32 Å². The number of nitrogens with zero attached hydrogens (tertiary/aromatic N) is 1. The monoisotopic (exact) mass is 514 g/mol. The number of amides is 2. The maximum absolute atomic E-state index is 14.5. The molecule has 4 nitrogen and oxygen atoms in total. The number of hydrogen-bond acceptors (Lipinski definition) is 2. The molecule has 3 aromatic rings. The van der Waals surface area contributed by atoms with E-state index in [-0.39, 0.29) is 35.4 Å². The zero-order valence-corrected chi connectivity index (χ0v) is 21.3. The Morgan fingerprint density at radius 1 is 0.914 bits per heavy atom. The third-order valence-electron chi connectivity index (χ3n) is 5.61. The first kappa shape index (κ1) is 26.7. The van der Waals surface area contributed by atoms with Gasteiger partial charge in [0, 0.05) is 35.1 Å². The molecular weight excluding hydrogens is 486 g/mol. The molecule has 0 saturated heterocycles. The molecule has 0 heterocycles. The van der Waals surface area contributed by atoms with E-state index < -0.39 is 17.8 Å². The van der Waals surface area contributed by atoms with Crippen molar-refractivity contribution in [3.63, 3.8) is 0 Å². The van der Waals surface area contributed by atoms with Crippen molar-refractivity contribution in [1.29, 1.82) is 0 Å². The van der Waals surface area contributed by atoms with Crippen molar-refractivity contribution in [3.8, 4) is 0 Å². The summed E-state index contributed by atoms with van der Waals surface area (Å²) in [5, 5.41) is 3.71. The quantitative estimate of drug-likeness (QED) is 0.356. The second kappa shape index (κ2) is 12.7. The van der Waals surface area contributed by atoms with Crippen molar-refractivity contribution < 1.29 is 14.0 Å². The Hall–Kier alpha value is -2.89. The summed E-state index contributed by atoms with van der Waals surface area (Å²) in [7, 11) is 0. The Bertz CT molecular complexity index is 1120. The average molecular weight is 515 g/mol. The van der Waals surface area contributed by atoms with Crippen molar-refractivity contribution in [3.05, 3.63) is 105 Å². The van der Waals surface area contributed by atoms with Gasteiger partial charge in [-0.25, -0.2) is 4.39 Å². The standard InChI is InChI=1S/C28H29Cl2FN2O2/c1-19(2)17-32-28(35)26(15-20-7-4-3-5-8-20)33(18-21-11-13-22(29)14-12-21)27(34)16-23-24(30)9-6-10-25(23)31/h3-14,19,26H,15-18H2,1-2H3,(H,32,35). The van der Waals surface area contributed by atoms with Crippen LogP contribution in [-0.4, -0.2) is 29.3 Å². The van der Waals surface area contributed by atoms with Crippen LogP contribution >= 0.6 is 23.2 Å². The third-order valence-corrected chi connectivity index (χ3v) is 6.22. The first-order valence-corrected chi connectivity index (χ1v) is 12.3. The van der Waals surface area contributed by atoms with E-state index in [0.29, 0.717) is 18.0 Å². The summed E-state index contributed by atoms with van der Waals surface area (Å²) < 4.78 is 14.5. The van der Waals surface area contributed by atoms with Crippen molar-refractivity contribution in [2.75, 3.05) is 6.54 Å². The fourth-order valence-electron chi connectivity index (χ4n) is 3.72. The SMILES string of the molecule is CC(C)CNC(=O)C(Cc1ccccc1)N(Cc1ccc(Cl)cc1)C(=O)Cc1c(F)cccc1Cl. The molecule has 0 spiro atoms. The lowest BCUT2D eigenvalue weighted by Gasteiger charge is -2.32. The Balaban J connectivity index is 1.98. The summed E-state index contributed by atoms with van der Waals surface area (Å²) in [6.07, 6.45) is 0.0525. The number of hydrogen-bond donors (Lipinski definition) is 1. The van der Waals surface area contributed by atoms with Crippen LogP contribution in [0.2, 0.25) is 10.0 Å². The van der Waals surface area contributed by atoms with Gasteiger partial charge in [0.2, 0.25) is 11.8 Å². The van der Waals surface area contributed by atoms with E-state index in [0.717, 1.165) is 11.1 Å². The number of benzene rings is 3. The highest BCUT2D eigenvalue weighted by Crippen LogP contribution is 2.23. The predicted octanol–water partition coefficient (Wildman–Crippen LogP) is 6.09. The van der Waals surface area contributed by atoms with E-state index in [1.165, 1.54) is 17.0 Å². The van der Waals surface area contributed by atoms with Crippen LogP contribution in [0.25, 0.3) is 0 Å². The minimum atomic E-state index is -0.801. The summed E-state index contributed by atoms with van der Waals surface area (Å²) in [4.78, 5) is 28.6. The molecule has 184 valence electrons. The van der Waals surface area contributed by atoms with E-state index in [1.807, 2.05) is 56.3 Å². The Morgan fingerprint density at radius 3 is 2.23 bits per heavy atom. The number of rotatable bonds is 10. The molecule has 0 aliphatic carbocycles. The molecule has 0 aliphatic heterocycles. The Labute approximate surface area is 216 Å². The molecule has 0 saturated carbocycles. The van der Waals surface area contributed by atoms with Gasteiger partial charge in [-0.15, -0.1) is 0 Å². The molecule has 7 heteroatoms. The lowest BCUT2D eigenvalue weighted by atomic mass is 10.0. The van der Waals surface area contributed by atoms with Crippen LogP contribution in [0, 0.1) is 11.7 Å². The molecule has 0 radical (unpaired) electrons. The van der Waals surface area contributed by atoms with Crippen LogP contribution in [0.1, 0.15) is 30.5 Å². The van der Waals surface area contributed by atoms with Crippen LogP contribution in [0.3, 0.4) is 0 Å². The van der Waals surface area contributed by atoms with Crippen LogP contribution in [-0.2, 0) is 29.0 Å². The van der Waals surface area contributed by atoms with Gasteiger partial charge in [-0.1, -0.05) is 85.6 Å². The molecule has 0 aromatic heterocycles. The highest BCUT2D eigenvalue weighted by molar-refractivity contribution is 6.31. The second-order valence-corrected chi connectivity index (χ2v) is 9.71. The molecule has 1 N–H and O–H groups in total. The number of nitrogens with one attached hydrogen (secondary N) is 1. The van der Waals surface area contributed by atoms with Crippen molar-refractivity contribution >= 4 is 35.0 Å². The summed E-state index contributed by atoms with van der Waals surface area (Å²) in [6.45, 7) is 4.65. The van der Waals surface area contributed by atoms with E-state index in [9.17, 15) is 14.0 Å². The molecule has 1 atom stereocenters. The van der Waals surface area contributed by atoms with Gasteiger partial charge in [0.1, 0.15) is 11.9 Å². The van der Waals surface area contributed by atoms with Crippen LogP contribution in [0.5, 0.6) is 0 Å². The van der Waals surface area contributed by atoms with Gasteiger partial charge in [0.15, 0.2) is 0 Å². The zero-order valence-electron chi connectivity index (χ0n) is 19.8. The molecule has 0 aliphatic rings. The topological polar surface area (TPSA) is 49.4 Å². The number of halogens is 3. The summed E-state index contributed by atoms with van der Waals surface area (Å²) in [6, 6.07) is 20.1. The maximum Gasteiger partial charge on any atom is 0.243 e. The molecule has 1 unspecified atom stereocenters. The van der Waals surface area contributed by atoms with Gasteiger partial charge < -0.3 is 10.2 Å². The summed E-state index contributed by atoms with van der Waals surface area (Å²) >= 11 is 12.3. The van der Waals surface area contributed by atoms with Gasteiger partial charge in [-0.3, -0.25) is 9.59 Å². The van der Waals surface area contributed by atoms with Crippen molar-refractivity contribution in [1.82, 2.24) is 10.2 Å². The van der Waals surface area contributed by atoms with Gasteiger partial charge in [0.05, 0.1) is 6.42 Å². The second-order valence-electron chi connectivity index (χ2n) is 8.87. The molecule has 3 aromatic carbocycles. The van der Waals surface area contributed by atoms with Gasteiger partial charge >= 0.3 is 0 Å². The fourth-order valence-corrected chi connectivity index (χ4v) is 4.07. The largest absolute Gasteiger partial charge is 0.354 e. The number of carbonyl (C=O) groups excluding carboxylic acids is 2. The minimum absolute atomic E-state index is 0.112. The first-order chi connectivity index (χ1) is 16.7. The molecule has 0 bridgehead atoms. The normalized spacial score (nSPS) is 11.8. The van der Waals surface area contributed by atoms with Gasteiger partial charge in [-0.05, 0) is 41.3 Å². The average Bonchev–Trinajstić information content (AvgIpc) is 2.84. The van der Waals surface area contributed by atoms with Crippen LogP contribution < -0.4 is 5.32 Å². The lowest BCUT2D eigenvalue weighted by molar-refractivity contribution is -0.140. The predicted molar refractivity (Wildman–Crippen MR) is 139 cm³/mol. The maximum atomic E-state index is 14.5. The third kappa shape index (κ3) is 7.81. The van der Waals surface area contributed by atoms with E-state index >= 15 is 0 Å². The van der Waals surface area contributed by atoms with Gasteiger partial charge in [-0.2, -0.15) is 0 Å². The fraction of sp³-hybridized carbons (Fsp3) is 0.286. The molecular formula is C28H29Cl2FN2O2. The molecule has 2 amide bonds. The van der Waals surface area contributed by atoms with Crippen LogP contribution in [0.15, 0.2) is 72.8 Å². The molecule has 35 heavy (non-hydrogen) atoms. The highest BCUT2D eigenvalue weighted by atomic mass is 35.5. The lowest BCUT2D eigenvalue weighted by Crippen LogP contribution is -2.51. The molecule has 0 fully saturated rings. The number of carbonyl (C=O) groups is 2. The highest BCUT2D eigenvalue weighted by Gasteiger charge is 2.31. The summed E-state index contributed by atoms with van der Waals surface area (Å²) in [5.74, 6) is -0.966. The summed E-state index contributed by atoms with van der Waals surface area (Å²) in [5.41, 5.74) is 1.83. The zero-order chi connectivity index (χ0) is 25.4. The van der Waals surface area contributed by atoms with Crippen LogP contribution in [0.4, 0.5) is 4.39 Å². The smallest absolute Gasteiger partial charge is 0.243 e. The van der Waals surface area contributed by atoms with Crippen molar-refractivity contribution in [2.24, 2.45) is 5.92 Å². The van der Waals surface area contributed by atoms with E-state index in [4.69, 9.17) is 23.2 Å². The molecule has 3 rings (SSSR count). The first-order valence-electron chi connectivity index (χ1n) is 11.5. The van der Waals surface area contributed by atoms with Gasteiger partial charge in [0.25, 0.3) is 0 Å². The van der Waals surface area contributed by atoms with E-state index in [1.54, 1.807) is 18.2 Å². The van der Waals surface area contributed by atoms with Crippen molar-refractivity contribution in [2.45, 2.75) is 39.3 Å².